The van der Waals surface area contributed by atoms with E-state index >= 15 is 0 Å². The fraction of sp³-hybridized carbons (Fsp3) is 0.421. The summed E-state index contributed by atoms with van der Waals surface area (Å²) in [6, 6.07) is 5.56. The van der Waals surface area contributed by atoms with Crippen molar-refractivity contribution < 1.29 is 14.3 Å². The number of aryl methyl sites for hydroxylation is 1. The summed E-state index contributed by atoms with van der Waals surface area (Å²) in [5.74, 6) is 2.12. The summed E-state index contributed by atoms with van der Waals surface area (Å²) in [6.45, 7) is 2.61. The van der Waals surface area contributed by atoms with Gasteiger partial charge in [0.15, 0.2) is 28.5 Å². The van der Waals surface area contributed by atoms with Gasteiger partial charge in [-0.05, 0) is 17.7 Å². The number of carbonyl (C=O) groups excluding carboxylic acids is 1. The van der Waals surface area contributed by atoms with Crippen molar-refractivity contribution in [3.05, 3.63) is 30.1 Å². The summed E-state index contributed by atoms with van der Waals surface area (Å²) >= 11 is 0. The zero-order valence-electron chi connectivity index (χ0n) is 16.7. The van der Waals surface area contributed by atoms with Gasteiger partial charge in [0, 0.05) is 33.2 Å². The van der Waals surface area contributed by atoms with Gasteiger partial charge in [-0.2, -0.15) is 0 Å². The summed E-state index contributed by atoms with van der Waals surface area (Å²) in [4.78, 5) is 25.4. The highest BCUT2D eigenvalue weighted by Gasteiger charge is 2.24. The Morgan fingerprint density at radius 1 is 1.07 bits per heavy atom. The number of hydrogen-bond acceptors (Lipinski definition) is 8. The molecule has 3 aromatic rings. The second kappa shape index (κ2) is 7.90. The van der Waals surface area contributed by atoms with Crippen LogP contribution in [0.1, 0.15) is 5.56 Å². The van der Waals surface area contributed by atoms with Crippen molar-refractivity contribution >= 4 is 22.9 Å². The molecule has 0 atom stereocenters. The van der Waals surface area contributed by atoms with Crippen LogP contribution in [0.5, 0.6) is 11.5 Å². The molecule has 1 aliphatic heterocycles. The first kappa shape index (κ1) is 18.9. The lowest BCUT2D eigenvalue weighted by atomic mass is 10.1. The third-order valence-electron chi connectivity index (χ3n) is 5.10. The van der Waals surface area contributed by atoms with Crippen molar-refractivity contribution in [2.75, 3.05) is 45.3 Å². The SMILES string of the molecule is COc1ccc(CC(=O)N2CCN(c3ncnc4c3nnn4C)CC2)cc1OC. The number of ether oxygens (including phenoxy) is 2. The number of hydrogen-bond donors (Lipinski definition) is 0. The molecule has 0 spiro atoms. The first-order chi connectivity index (χ1) is 14.1. The van der Waals surface area contributed by atoms with Gasteiger partial charge < -0.3 is 19.3 Å². The van der Waals surface area contributed by atoms with Crippen molar-refractivity contribution in [2.45, 2.75) is 6.42 Å². The number of nitrogens with zero attached hydrogens (tertiary/aromatic N) is 7. The van der Waals surface area contributed by atoms with E-state index in [1.165, 1.54) is 6.33 Å². The van der Waals surface area contributed by atoms with Crippen LogP contribution in [0.15, 0.2) is 24.5 Å². The number of carbonyl (C=O) groups is 1. The molecule has 3 heterocycles. The van der Waals surface area contributed by atoms with Crippen molar-refractivity contribution in [3.63, 3.8) is 0 Å². The van der Waals surface area contributed by atoms with Gasteiger partial charge >= 0.3 is 0 Å². The third kappa shape index (κ3) is 3.65. The Balaban J connectivity index is 1.41. The Morgan fingerprint density at radius 2 is 1.83 bits per heavy atom. The zero-order valence-corrected chi connectivity index (χ0v) is 16.7. The lowest BCUT2D eigenvalue weighted by molar-refractivity contribution is -0.130. The van der Waals surface area contributed by atoms with Gasteiger partial charge in [0.25, 0.3) is 0 Å². The van der Waals surface area contributed by atoms with E-state index in [1.807, 2.05) is 23.1 Å². The first-order valence-electron chi connectivity index (χ1n) is 9.34. The molecule has 0 N–H and O–H groups in total. The van der Waals surface area contributed by atoms with E-state index in [9.17, 15) is 4.79 Å². The maximum atomic E-state index is 12.8. The summed E-state index contributed by atoms with van der Waals surface area (Å²) in [7, 11) is 4.98. The largest absolute Gasteiger partial charge is 0.493 e. The van der Waals surface area contributed by atoms with Gasteiger partial charge in [-0.15, -0.1) is 5.10 Å². The molecule has 0 unspecified atom stereocenters. The highest BCUT2D eigenvalue weighted by atomic mass is 16.5. The molecule has 4 rings (SSSR count). The summed E-state index contributed by atoms with van der Waals surface area (Å²) in [5, 5.41) is 8.20. The average molecular weight is 397 g/mol. The zero-order chi connectivity index (χ0) is 20.4. The molecule has 0 bridgehead atoms. The van der Waals surface area contributed by atoms with E-state index in [0.717, 1.165) is 11.4 Å². The number of benzene rings is 1. The molecule has 1 aliphatic rings. The molecule has 10 nitrogen and oxygen atoms in total. The van der Waals surface area contributed by atoms with E-state index in [0.29, 0.717) is 55.3 Å². The van der Waals surface area contributed by atoms with Gasteiger partial charge in [0.1, 0.15) is 6.33 Å². The number of fused-ring (bicyclic) bond motifs is 1. The fourth-order valence-corrected chi connectivity index (χ4v) is 3.52. The number of rotatable bonds is 5. The van der Waals surface area contributed by atoms with Crippen molar-refractivity contribution in [1.82, 2.24) is 29.9 Å². The molecule has 1 fully saturated rings. The maximum absolute atomic E-state index is 12.8. The topological polar surface area (TPSA) is 98.5 Å². The Labute approximate surface area is 168 Å². The molecular weight excluding hydrogens is 374 g/mol. The Morgan fingerprint density at radius 3 is 2.55 bits per heavy atom. The van der Waals surface area contributed by atoms with Crippen LogP contribution in [0.3, 0.4) is 0 Å². The van der Waals surface area contributed by atoms with Crippen LogP contribution in [-0.2, 0) is 18.3 Å². The van der Waals surface area contributed by atoms with Crippen molar-refractivity contribution in [1.29, 1.82) is 0 Å². The van der Waals surface area contributed by atoms with E-state index in [4.69, 9.17) is 9.47 Å². The van der Waals surface area contributed by atoms with Crippen molar-refractivity contribution in [3.8, 4) is 11.5 Å². The van der Waals surface area contributed by atoms with Crippen LogP contribution >= 0.6 is 0 Å². The third-order valence-corrected chi connectivity index (χ3v) is 5.10. The van der Waals surface area contributed by atoms with Crippen molar-refractivity contribution in [2.24, 2.45) is 7.05 Å². The van der Waals surface area contributed by atoms with E-state index < -0.39 is 0 Å². The number of amides is 1. The highest BCUT2D eigenvalue weighted by Crippen LogP contribution is 2.28. The van der Waals surface area contributed by atoms with Crippen LogP contribution in [0.2, 0.25) is 0 Å². The summed E-state index contributed by atoms with van der Waals surface area (Å²) in [5.41, 5.74) is 2.27. The van der Waals surface area contributed by atoms with E-state index in [2.05, 4.69) is 25.2 Å². The molecule has 1 amide bonds. The van der Waals surface area contributed by atoms with Gasteiger partial charge in [0.05, 0.1) is 20.6 Å². The molecule has 0 saturated carbocycles. The molecule has 2 aromatic heterocycles. The fourth-order valence-electron chi connectivity index (χ4n) is 3.52. The lowest BCUT2D eigenvalue weighted by Gasteiger charge is -2.35. The number of piperazine rings is 1. The predicted octanol–water partition coefficient (Wildman–Crippen LogP) is 0.667. The standard InChI is InChI=1S/C19H23N7O3/c1-24-18-17(22-23-24)19(21-12-20-18)26-8-6-25(7-9-26)16(27)11-13-4-5-14(28-2)15(10-13)29-3/h4-5,10,12H,6-9,11H2,1-3H3. The van der Waals surface area contributed by atoms with Crippen LogP contribution in [0.4, 0.5) is 5.82 Å². The molecular formula is C19H23N7O3. The van der Waals surface area contributed by atoms with Gasteiger partial charge in [-0.25, -0.2) is 14.6 Å². The predicted molar refractivity (Wildman–Crippen MR) is 106 cm³/mol. The molecule has 1 aromatic carbocycles. The molecule has 29 heavy (non-hydrogen) atoms. The minimum atomic E-state index is 0.0872. The van der Waals surface area contributed by atoms with Gasteiger partial charge in [0.2, 0.25) is 5.91 Å². The molecule has 0 aliphatic carbocycles. The molecule has 0 radical (unpaired) electrons. The minimum Gasteiger partial charge on any atom is -0.493 e. The highest BCUT2D eigenvalue weighted by molar-refractivity contribution is 5.83. The Kier molecular flexibility index (Phi) is 5.15. The number of anilines is 1. The lowest BCUT2D eigenvalue weighted by Crippen LogP contribution is -2.49. The van der Waals surface area contributed by atoms with Gasteiger partial charge in [-0.1, -0.05) is 11.3 Å². The Hall–Kier alpha value is -3.43. The normalized spacial score (nSPS) is 14.3. The minimum absolute atomic E-state index is 0.0872. The summed E-state index contributed by atoms with van der Waals surface area (Å²) in [6.07, 6.45) is 1.85. The van der Waals surface area contributed by atoms with Crippen LogP contribution < -0.4 is 14.4 Å². The smallest absolute Gasteiger partial charge is 0.227 e. The van der Waals surface area contributed by atoms with Crippen LogP contribution in [0, 0.1) is 0 Å². The quantitative estimate of drug-likeness (QED) is 0.619. The maximum Gasteiger partial charge on any atom is 0.227 e. The molecule has 152 valence electrons. The second-order valence-electron chi connectivity index (χ2n) is 6.82. The monoisotopic (exact) mass is 397 g/mol. The molecule has 1 saturated heterocycles. The Bertz CT molecular complexity index is 1030. The van der Waals surface area contributed by atoms with E-state index in [-0.39, 0.29) is 5.91 Å². The molecule has 10 heteroatoms. The average Bonchev–Trinajstić information content (AvgIpc) is 3.14. The van der Waals surface area contributed by atoms with Crippen LogP contribution in [-0.4, -0.2) is 76.2 Å². The van der Waals surface area contributed by atoms with Crippen LogP contribution in [0.25, 0.3) is 11.2 Å². The first-order valence-corrected chi connectivity index (χ1v) is 9.34. The number of aromatic nitrogens is 5. The number of methoxy groups -OCH3 is 2. The summed E-state index contributed by atoms with van der Waals surface area (Å²) < 4.78 is 12.2. The van der Waals surface area contributed by atoms with E-state index in [1.54, 1.807) is 25.9 Å². The second-order valence-corrected chi connectivity index (χ2v) is 6.82. The van der Waals surface area contributed by atoms with Gasteiger partial charge in [-0.3, -0.25) is 4.79 Å².